The van der Waals surface area contributed by atoms with Crippen molar-refractivity contribution in [1.29, 1.82) is 0 Å². The molecule has 1 aliphatic heterocycles. The number of aromatic nitrogens is 4. The first-order valence-electron chi connectivity index (χ1n) is 9.20. The number of rotatable bonds is 4. The van der Waals surface area contributed by atoms with Gasteiger partial charge in [0, 0.05) is 30.8 Å². The minimum atomic E-state index is -0.971. The molecule has 0 fully saturated rings. The van der Waals surface area contributed by atoms with Crippen molar-refractivity contribution >= 4 is 17.7 Å². The van der Waals surface area contributed by atoms with Gasteiger partial charge in [0.25, 0.3) is 5.78 Å². The minimum Gasteiger partial charge on any atom is -0.480 e. The fourth-order valence-electron chi connectivity index (χ4n) is 3.90. The molecule has 1 amide bonds. The molecule has 1 aliphatic rings. The molecule has 8 nitrogen and oxygen atoms in total. The highest BCUT2D eigenvalue weighted by Gasteiger charge is 2.34. The minimum absolute atomic E-state index is 0.167. The van der Waals surface area contributed by atoms with Crippen LogP contribution in [0.25, 0.3) is 5.78 Å². The van der Waals surface area contributed by atoms with Crippen LogP contribution in [0, 0.1) is 13.8 Å². The largest absolute Gasteiger partial charge is 0.480 e. The Hall–Kier alpha value is -3.29. The molecule has 0 spiro atoms. The van der Waals surface area contributed by atoms with Crippen molar-refractivity contribution in [3.05, 3.63) is 58.7 Å². The molecule has 4 rings (SSSR count). The Kier molecular flexibility index (Phi) is 4.54. The van der Waals surface area contributed by atoms with E-state index in [-0.39, 0.29) is 12.3 Å². The molecule has 1 aromatic carbocycles. The molecule has 2 aromatic heterocycles. The topological polar surface area (TPSA) is 101 Å². The molecule has 0 saturated carbocycles. The summed E-state index contributed by atoms with van der Waals surface area (Å²) in [6.45, 7) is 4.14. The summed E-state index contributed by atoms with van der Waals surface area (Å²) in [5, 5.41) is 13.8. The van der Waals surface area contributed by atoms with Gasteiger partial charge in [-0.25, -0.2) is 14.3 Å². The quantitative estimate of drug-likeness (QED) is 0.741. The van der Waals surface area contributed by atoms with Crippen molar-refractivity contribution in [3.8, 4) is 0 Å². The summed E-state index contributed by atoms with van der Waals surface area (Å²) in [7, 11) is 0. The lowest BCUT2D eigenvalue weighted by atomic mass is 9.93. The van der Waals surface area contributed by atoms with Crippen LogP contribution < -0.4 is 0 Å². The van der Waals surface area contributed by atoms with Crippen molar-refractivity contribution in [2.45, 2.75) is 45.7 Å². The first kappa shape index (κ1) is 18.1. The van der Waals surface area contributed by atoms with E-state index in [9.17, 15) is 14.7 Å². The highest BCUT2D eigenvalue weighted by atomic mass is 16.4. The fraction of sp³-hybridized carbons (Fsp3) is 0.350. The van der Waals surface area contributed by atoms with Crippen LogP contribution in [0.5, 0.6) is 0 Å². The zero-order valence-electron chi connectivity index (χ0n) is 15.8. The zero-order valence-corrected chi connectivity index (χ0v) is 15.8. The number of aryl methyl sites for hydroxylation is 2. The van der Waals surface area contributed by atoms with Gasteiger partial charge < -0.3 is 10.0 Å². The first-order valence-corrected chi connectivity index (χ1v) is 9.20. The molecular formula is C20H21N5O3. The van der Waals surface area contributed by atoms with Crippen molar-refractivity contribution in [1.82, 2.24) is 24.5 Å². The summed E-state index contributed by atoms with van der Waals surface area (Å²) in [6, 6.07) is 6.85. The van der Waals surface area contributed by atoms with Gasteiger partial charge in [-0.15, -0.1) is 0 Å². The van der Waals surface area contributed by atoms with Gasteiger partial charge >= 0.3 is 5.97 Å². The van der Waals surface area contributed by atoms with Crippen LogP contribution in [0.1, 0.15) is 34.5 Å². The number of carboxylic acids is 1. The van der Waals surface area contributed by atoms with Crippen molar-refractivity contribution in [2.75, 3.05) is 0 Å². The van der Waals surface area contributed by atoms with Gasteiger partial charge in [0.1, 0.15) is 12.4 Å². The van der Waals surface area contributed by atoms with Crippen molar-refractivity contribution < 1.29 is 14.7 Å². The number of amides is 1. The van der Waals surface area contributed by atoms with E-state index >= 15 is 0 Å². The summed E-state index contributed by atoms with van der Waals surface area (Å²) in [5.74, 6) is -0.607. The molecule has 0 aliphatic carbocycles. The number of hydrogen-bond acceptors (Lipinski definition) is 5. The van der Waals surface area contributed by atoms with Crippen LogP contribution in [-0.2, 0) is 29.0 Å². The molecule has 1 N–H and O–H groups in total. The number of aliphatic carboxylic acids is 1. The summed E-state index contributed by atoms with van der Waals surface area (Å²) < 4.78 is 1.66. The molecule has 0 unspecified atom stereocenters. The maximum atomic E-state index is 12.9. The summed E-state index contributed by atoms with van der Waals surface area (Å²) in [6.07, 6.45) is 2.48. The number of carboxylic acid groups (broad SMARTS) is 1. The zero-order chi connectivity index (χ0) is 19.8. The maximum absolute atomic E-state index is 12.9. The van der Waals surface area contributed by atoms with E-state index in [0.717, 1.165) is 28.1 Å². The predicted octanol–water partition coefficient (Wildman–Crippen LogP) is 1.71. The lowest BCUT2D eigenvalue weighted by molar-refractivity contribution is -0.151. The van der Waals surface area contributed by atoms with Gasteiger partial charge in [-0.2, -0.15) is 10.1 Å². The number of hydrogen-bond donors (Lipinski definition) is 1. The lowest BCUT2D eigenvalue weighted by Crippen LogP contribution is -2.48. The van der Waals surface area contributed by atoms with E-state index < -0.39 is 12.0 Å². The van der Waals surface area contributed by atoms with Gasteiger partial charge in [0.05, 0.1) is 0 Å². The fourth-order valence-corrected chi connectivity index (χ4v) is 3.90. The molecule has 0 saturated heterocycles. The van der Waals surface area contributed by atoms with E-state index in [1.54, 1.807) is 4.52 Å². The molecular weight excluding hydrogens is 358 g/mol. The Labute approximate surface area is 161 Å². The molecule has 1 atom stereocenters. The standard InChI is InChI=1S/C20H21N5O3/c1-12-16(13(2)25-20(23-12)21-11-22-25)7-8-18(26)24-10-15-6-4-3-5-14(15)9-17(24)19(27)28/h3-6,11,17H,7-10H2,1-2H3,(H,27,28)/t17-/m1/s1. The van der Waals surface area contributed by atoms with Crippen LogP contribution >= 0.6 is 0 Å². The molecule has 0 bridgehead atoms. The van der Waals surface area contributed by atoms with Crippen LogP contribution in [0.3, 0.4) is 0 Å². The molecule has 8 heteroatoms. The third-order valence-corrected chi connectivity index (χ3v) is 5.43. The Morgan fingerprint density at radius 2 is 1.96 bits per heavy atom. The van der Waals surface area contributed by atoms with Gasteiger partial charge in [0.15, 0.2) is 0 Å². The van der Waals surface area contributed by atoms with E-state index in [2.05, 4.69) is 15.1 Å². The normalized spacial score (nSPS) is 16.2. The van der Waals surface area contributed by atoms with Crippen molar-refractivity contribution in [2.24, 2.45) is 0 Å². The molecule has 28 heavy (non-hydrogen) atoms. The number of fused-ring (bicyclic) bond motifs is 2. The van der Waals surface area contributed by atoms with Crippen LogP contribution in [0.4, 0.5) is 0 Å². The number of nitrogens with zero attached hydrogens (tertiary/aromatic N) is 5. The number of benzene rings is 1. The van der Waals surface area contributed by atoms with Crippen molar-refractivity contribution in [3.63, 3.8) is 0 Å². The number of carbonyl (C=O) groups excluding carboxylic acids is 1. The average Bonchev–Trinajstić information content (AvgIpc) is 3.15. The summed E-state index contributed by atoms with van der Waals surface area (Å²) in [4.78, 5) is 34.7. The van der Waals surface area contributed by atoms with Gasteiger partial charge in [-0.3, -0.25) is 4.79 Å². The maximum Gasteiger partial charge on any atom is 0.326 e. The third kappa shape index (κ3) is 3.11. The second kappa shape index (κ2) is 7.03. The highest BCUT2D eigenvalue weighted by molar-refractivity contribution is 5.84. The monoisotopic (exact) mass is 379 g/mol. The van der Waals surface area contributed by atoms with Gasteiger partial charge in [-0.1, -0.05) is 24.3 Å². The molecule has 3 aromatic rings. The SMILES string of the molecule is Cc1nc2ncnn2c(C)c1CCC(=O)N1Cc2ccccc2C[C@@H]1C(=O)O. The average molecular weight is 379 g/mol. The predicted molar refractivity (Wildman–Crippen MR) is 101 cm³/mol. The highest BCUT2D eigenvalue weighted by Crippen LogP contribution is 2.25. The molecule has 0 radical (unpaired) electrons. The Morgan fingerprint density at radius 3 is 2.71 bits per heavy atom. The number of carbonyl (C=O) groups is 2. The van der Waals surface area contributed by atoms with Crippen LogP contribution in [0.2, 0.25) is 0 Å². The molecule has 144 valence electrons. The van der Waals surface area contributed by atoms with E-state index in [4.69, 9.17) is 0 Å². The van der Waals surface area contributed by atoms with Gasteiger partial charge in [-0.05, 0) is 37.0 Å². The Balaban J connectivity index is 1.55. The van der Waals surface area contributed by atoms with E-state index in [1.807, 2.05) is 38.1 Å². The smallest absolute Gasteiger partial charge is 0.326 e. The Morgan fingerprint density at radius 1 is 1.21 bits per heavy atom. The third-order valence-electron chi connectivity index (χ3n) is 5.43. The van der Waals surface area contributed by atoms with Gasteiger partial charge in [0.2, 0.25) is 5.91 Å². The lowest BCUT2D eigenvalue weighted by Gasteiger charge is -2.34. The van der Waals surface area contributed by atoms with Crippen LogP contribution in [0.15, 0.2) is 30.6 Å². The van der Waals surface area contributed by atoms with E-state index in [1.165, 1.54) is 11.2 Å². The summed E-state index contributed by atoms with van der Waals surface area (Å²) >= 11 is 0. The second-order valence-electron chi connectivity index (χ2n) is 7.08. The summed E-state index contributed by atoms with van der Waals surface area (Å²) in [5.41, 5.74) is 4.64. The van der Waals surface area contributed by atoms with Crippen LogP contribution in [-0.4, -0.2) is 47.5 Å². The Bertz CT molecular complexity index is 1070. The second-order valence-corrected chi connectivity index (χ2v) is 7.08. The van der Waals surface area contributed by atoms with E-state index in [0.29, 0.717) is 25.2 Å². The molecule has 3 heterocycles. The first-order chi connectivity index (χ1) is 13.5.